The van der Waals surface area contributed by atoms with E-state index in [0.29, 0.717) is 0 Å². The van der Waals surface area contributed by atoms with E-state index in [1.165, 1.54) is 11.9 Å². The molecule has 6 nitrogen and oxygen atoms in total. The standard InChI is InChI=1S/C21H24N4O2/c1-14-9-15(2)21(16(3)10-14)27-11-20(26)24-17(4)18-5-7-19(8-6-18)25-13-22-12-23-25/h5-10,12-13,17H,11H2,1-4H3,(H,24,26). The zero-order valence-electron chi connectivity index (χ0n) is 16.1. The van der Waals surface area contributed by atoms with Crippen LogP contribution >= 0.6 is 0 Å². The number of hydrogen-bond donors (Lipinski definition) is 1. The van der Waals surface area contributed by atoms with Crippen LogP contribution in [0.15, 0.2) is 49.1 Å². The summed E-state index contributed by atoms with van der Waals surface area (Å²) >= 11 is 0. The maximum atomic E-state index is 12.3. The van der Waals surface area contributed by atoms with Crippen LogP contribution in [0.5, 0.6) is 5.75 Å². The Morgan fingerprint density at radius 3 is 2.41 bits per heavy atom. The van der Waals surface area contributed by atoms with E-state index in [1.807, 2.05) is 52.0 Å². The normalized spacial score (nSPS) is 11.9. The molecule has 0 aliphatic rings. The molecule has 0 aliphatic carbocycles. The number of ether oxygens (including phenoxy) is 1. The Balaban J connectivity index is 1.58. The van der Waals surface area contributed by atoms with Crippen molar-refractivity contribution in [1.82, 2.24) is 20.1 Å². The zero-order valence-corrected chi connectivity index (χ0v) is 16.1. The van der Waals surface area contributed by atoms with Gasteiger partial charge in [0.2, 0.25) is 0 Å². The van der Waals surface area contributed by atoms with Gasteiger partial charge in [-0.05, 0) is 56.5 Å². The molecule has 6 heteroatoms. The predicted molar refractivity (Wildman–Crippen MR) is 104 cm³/mol. The maximum Gasteiger partial charge on any atom is 0.258 e. The van der Waals surface area contributed by atoms with Crippen LogP contribution in [0.3, 0.4) is 0 Å². The van der Waals surface area contributed by atoms with Gasteiger partial charge in [-0.15, -0.1) is 0 Å². The molecule has 0 saturated heterocycles. The van der Waals surface area contributed by atoms with Gasteiger partial charge in [-0.1, -0.05) is 29.8 Å². The summed E-state index contributed by atoms with van der Waals surface area (Å²) in [4.78, 5) is 16.2. The Morgan fingerprint density at radius 1 is 1.15 bits per heavy atom. The third kappa shape index (κ3) is 4.53. The maximum absolute atomic E-state index is 12.3. The van der Waals surface area contributed by atoms with Gasteiger partial charge in [-0.2, -0.15) is 5.10 Å². The molecule has 3 rings (SSSR count). The number of benzene rings is 2. The second-order valence-corrected chi connectivity index (χ2v) is 6.74. The fourth-order valence-corrected chi connectivity index (χ4v) is 3.16. The van der Waals surface area contributed by atoms with Crippen molar-refractivity contribution in [2.24, 2.45) is 0 Å². The van der Waals surface area contributed by atoms with Crippen molar-refractivity contribution in [2.75, 3.05) is 6.61 Å². The van der Waals surface area contributed by atoms with Crippen molar-refractivity contribution in [3.8, 4) is 11.4 Å². The topological polar surface area (TPSA) is 69.0 Å². The van der Waals surface area contributed by atoms with Gasteiger partial charge in [0.25, 0.3) is 5.91 Å². The molecule has 0 fully saturated rings. The van der Waals surface area contributed by atoms with Crippen LogP contribution in [0, 0.1) is 20.8 Å². The average Bonchev–Trinajstić information content (AvgIpc) is 3.15. The molecule has 0 radical (unpaired) electrons. The van der Waals surface area contributed by atoms with Gasteiger partial charge in [0.15, 0.2) is 6.61 Å². The summed E-state index contributed by atoms with van der Waals surface area (Å²) in [5, 5.41) is 7.07. The number of carbonyl (C=O) groups is 1. The number of rotatable bonds is 6. The summed E-state index contributed by atoms with van der Waals surface area (Å²) in [6.45, 7) is 7.97. The Morgan fingerprint density at radius 2 is 1.81 bits per heavy atom. The molecule has 3 aromatic rings. The molecule has 0 bridgehead atoms. The molecule has 2 aromatic carbocycles. The number of aryl methyl sites for hydroxylation is 3. The molecule has 1 aromatic heterocycles. The molecular formula is C21H24N4O2. The average molecular weight is 364 g/mol. The zero-order chi connectivity index (χ0) is 19.4. The van der Waals surface area contributed by atoms with E-state index in [0.717, 1.165) is 28.1 Å². The molecule has 1 unspecified atom stereocenters. The summed E-state index contributed by atoms with van der Waals surface area (Å²) in [7, 11) is 0. The highest BCUT2D eigenvalue weighted by Crippen LogP contribution is 2.24. The van der Waals surface area contributed by atoms with E-state index >= 15 is 0 Å². The summed E-state index contributed by atoms with van der Waals surface area (Å²) < 4.78 is 7.45. The first kappa shape index (κ1) is 18.6. The minimum Gasteiger partial charge on any atom is -0.483 e. The van der Waals surface area contributed by atoms with Gasteiger partial charge in [0.1, 0.15) is 18.4 Å². The predicted octanol–water partition coefficient (Wildman–Crippen LogP) is 3.45. The number of nitrogens with zero attached hydrogens (tertiary/aromatic N) is 3. The highest BCUT2D eigenvalue weighted by atomic mass is 16.5. The van der Waals surface area contributed by atoms with E-state index in [2.05, 4.69) is 27.5 Å². The third-order valence-electron chi connectivity index (χ3n) is 4.41. The second kappa shape index (κ2) is 8.03. The van der Waals surface area contributed by atoms with Crippen LogP contribution in [0.25, 0.3) is 5.69 Å². The summed E-state index contributed by atoms with van der Waals surface area (Å²) in [5.41, 5.74) is 5.19. The molecule has 1 N–H and O–H groups in total. The van der Waals surface area contributed by atoms with Crippen LogP contribution < -0.4 is 10.1 Å². The lowest BCUT2D eigenvalue weighted by Crippen LogP contribution is -2.31. The van der Waals surface area contributed by atoms with Crippen molar-refractivity contribution in [1.29, 1.82) is 0 Å². The Bertz CT molecular complexity index is 895. The van der Waals surface area contributed by atoms with Gasteiger partial charge in [0, 0.05) is 0 Å². The lowest BCUT2D eigenvalue weighted by molar-refractivity contribution is -0.123. The highest BCUT2D eigenvalue weighted by Gasteiger charge is 2.12. The minimum atomic E-state index is -0.151. The summed E-state index contributed by atoms with van der Waals surface area (Å²) in [6.07, 6.45) is 3.14. The molecule has 140 valence electrons. The van der Waals surface area contributed by atoms with Crippen molar-refractivity contribution in [3.05, 3.63) is 71.3 Å². The number of carbonyl (C=O) groups excluding carboxylic acids is 1. The quantitative estimate of drug-likeness (QED) is 0.727. The van der Waals surface area contributed by atoms with E-state index in [-0.39, 0.29) is 18.6 Å². The monoisotopic (exact) mass is 364 g/mol. The number of amides is 1. The number of hydrogen-bond acceptors (Lipinski definition) is 4. The lowest BCUT2D eigenvalue weighted by Gasteiger charge is -2.17. The summed E-state index contributed by atoms with van der Waals surface area (Å²) in [6, 6.07) is 11.8. The molecular weight excluding hydrogens is 340 g/mol. The molecule has 0 saturated carbocycles. The van der Waals surface area contributed by atoms with Crippen molar-refractivity contribution < 1.29 is 9.53 Å². The SMILES string of the molecule is Cc1cc(C)c(OCC(=O)NC(C)c2ccc(-n3cncn3)cc2)c(C)c1. The fraction of sp³-hybridized carbons (Fsp3) is 0.286. The number of nitrogens with one attached hydrogen (secondary N) is 1. The first-order chi connectivity index (χ1) is 12.9. The first-order valence-electron chi connectivity index (χ1n) is 8.89. The van der Waals surface area contributed by atoms with E-state index in [4.69, 9.17) is 4.74 Å². The molecule has 1 amide bonds. The molecule has 1 atom stereocenters. The van der Waals surface area contributed by atoms with E-state index < -0.39 is 0 Å². The van der Waals surface area contributed by atoms with Gasteiger partial charge in [0.05, 0.1) is 11.7 Å². The van der Waals surface area contributed by atoms with Crippen LogP contribution in [0.4, 0.5) is 0 Å². The van der Waals surface area contributed by atoms with Gasteiger partial charge in [-0.3, -0.25) is 4.79 Å². The Kier molecular flexibility index (Phi) is 5.54. The van der Waals surface area contributed by atoms with Crippen LogP contribution in [0.2, 0.25) is 0 Å². The lowest BCUT2D eigenvalue weighted by atomic mass is 10.1. The van der Waals surface area contributed by atoms with Crippen LogP contribution in [-0.4, -0.2) is 27.3 Å². The van der Waals surface area contributed by atoms with Gasteiger partial charge in [-0.25, -0.2) is 9.67 Å². The van der Waals surface area contributed by atoms with E-state index in [9.17, 15) is 4.79 Å². The van der Waals surface area contributed by atoms with E-state index in [1.54, 1.807) is 11.0 Å². The molecule has 0 spiro atoms. The largest absolute Gasteiger partial charge is 0.483 e. The highest BCUT2D eigenvalue weighted by molar-refractivity contribution is 5.78. The molecule has 0 aliphatic heterocycles. The number of aromatic nitrogens is 3. The van der Waals surface area contributed by atoms with Crippen molar-refractivity contribution in [2.45, 2.75) is 33.7 Å². The Labute approximate surface area is 159 Å². The van der Waals surface area contributed by atoms with Gasteiger partial charge >= 0.3 is 0 Å². The summed E-state index contributed by atoms with van der Waals surface area (Å²) in [5.74, 6) is 0.628. The van der Waals surface area contributed by atoms with Crippen molar-refractivity contribution in [3.63, 3.8) is 0 Å². The molecule has 27 heavy (non-hydrogen) atoms. The van der Waals surface area contributed by atoms with Crippen LogP contribution in [0.1, 0.15) is 35.2 Å². The fourth-order valence-electron chi connectivity index (χ4n) is 3.16. The molecule has 1 heterocycles. The van der Waals surface area contributed by atoms with Crippen molar-refractivity contribution >= 4 is 5.91 Å². The van der Waals surface area contributed by atoms with Gasteiger partial charge < -0.3 is 10.1 Å². The van der Waals surface area contributed by atoms with Crippen LogP contribution in [-0.2, 0) is 4.79 Å². The smallest absolute Gasteiger partial charge is 0.258 e. The third-order valence-corrected chi connectivity index (χ3v) is 4.41. The minimum absolute atomic E-state index is 0.00782. The Hall–Kier alpha value is -3.15. The second-order valence-electron chi connectivity index (χ2n) is 6.74. The first-order valence-corrected chi connectivity index (χ1v) is 8.89.